The summed E-state index contributed by atoms with van der Waals surface area (Å²) in [6.45, 7) is 3.12. The quantitative estimate of drug-likeness (QED) is 0.896. The van der Waals surface area contributed by atoms with Gasteiger partial charge >= 0.3 is 0 Å². The van der Waals surface area contributed by atoms with Gasteiger partial charge in [-0.3, -0.25) is 0 Å². The van der Waals surface area contributed by atoms with E-state index >= 15 is 0 Å². The second-order valence-corrected chi connectivity index (χ2v) is 5.88. The van der Waals surface area contributed by atoms with Gasteiger partial charge in [-0.05, 0) is 55.6 Å². The van der Waals surface area contributed by atoms with Crippen molar-refractivity contribution < 1.29 is 0 Å². The molecule has 94 valence electrons. The van der Waals surface area contributed by atoms with Crippen LogP contribution in [0.2, 0.25) is 0 Å². The molecule has 2 saturated carbocycles. The van der Waals surface area contributed by atoms with Gasteiger partial charge in [-0.25, -0.2) is 4.52 Å². The van der Waals surface area contributed by atoms with Crippen LogP contribution in [-0.4, -0.2) is 21.1 Å². The van der Waals surface area contributed by atoms with E-state index in [1.165, 1.54) is 31.2 Å². The van der Waals surface area contributed by atoms with Gasteiger partial charge in [0.25, 0.3) is 0 Å². The van der Waals surface area contributed by atoms with Crippen molar-refractivity contribution in [2.45, 2.75) is 32.6 Å². The normalized spacial score (nSPS) is 21.2. The fourth-order valence-electron chi connectivity index (χ4n) is 2.96. The zero-order valence-electron chi connectivity index (χ0n) is 10.7. The molecule has 2 aromatic heterocycles. The molecule has 0 spiro atoms. The van der Waals surface area contributed by atoms with Crippen LogP contribution < -0.4 is 5.32 Å². The molecule has 0 amide bonds. The number of fused-ring (bicyclic) bond motifs is 1. The zero-order valence-corrected chi connectivity index (χ0v) is 10.7. The Balaban J connectivity index is 1.54. The van der Waals surface area contributed by atoms with E-state index in [2.05, 4.69) is 28.4 Å². The van der Waals surface area contributed by atoms with E-state index in [-0.39, 0.29) is 0 Å². The molecule has 0 saturated heterocycles. The summed E-state index contributed by atoms with van der Waals surface area (Å²) in [5.74, 6) is 1.75. The molecule has 0 aliphatic heterocycles. The highest BCUT2D eigenvalue weighted by atomic mass is 15.3. The third-order valence-corrected chi connectivity index (χ3v) is 4.49. The summed E-state index contributed by atoms with van der Waals surface area (Å²) in [7, 11) is 0. The number of aryl methyl sites for hydroxylation is 1. The Morgan fingerprint density at radius 3 is 2.94 bits per heavy atom. The van der Waals surface area contributed by atoms with Crippen LogP contribution in [0.3, 0.4) is 0 Å². The van der Waals surface area contributed by atoms with Gasteiger partial charge in [-0.1, -0.05) is 6.07 Å². The van der Waals surface area contributed by atoms with Crippen LogP contribution in [0.5, 0.6) is 0 Å². The molecule has 2 heterocycles. The Bertz CT molecular complexity index is 593. The minimum absolute atomic E-state index is 0.590. The zero-order chi connectivity index (χ0) is 12.2. The predicted molar refractivity (Wildman–Crippen MR) is 70.6 cm³/mol. The lowest BCUT2D eigenvalue weighted by molar-refractivity contribution is 0.465. The maximum absolute atomic E-state index is 4.56. The number of pyridine rings is 1. The fraction of sp³-hybridized carbons (Fsp3) is 0.571. The predicted octanol–water partition coefficient (Wildman–Crippen LogP) is 2.64. The third-order valence-electron chi connectivity index (χ3n) is 4.49. The maximum Gasteiger partial charge on any atom is 0.243 e. The third kappa shape index (κ3) is 1.59. The number of rotatable bonds is 4. The van der Waals surface area contributed by atoms with Gasteiger partial charge in [0, 0.05) is 12.7 Å². The lowest BCUT2D eigenvalue weighted by atomic mass is 10.0. The van der Waals surface area contributed by atoms with Gasteiger partial charge in [-0.15, -0.1) is 5.10 Å². The first kappa shape index (κ1) is 10.4. The van der Waals surface area contributed by atoms with Crippen LogP contribution in [0.15, 0.2) is 18.3 Å². The number of aromatic nitrogens is 3. The van der Waals surface area contributed by atoms with Crippen molar-refractivity contribution in [2.75, 3.05) is 11.9 Å². The average molecular weight is 242 g/mol. The molecule has 2 aliphatic carbocycles. The summed E-state index contributed by atoms with van der Waals surface area (Å²) in [6.07, 6.45) is 7.58. The second-order valence-electron chi connectivity index (χ2n) is 5.88. The number of anilines is 1. The van der Waals surface area contributed by atoms with E-state index in [1.807, 2.05) is 16.8 Å². The minimum Gasteiger partial charge on any atom is -0.352 e. The SMILES string of the molecule is Cc1cccn2nc(NCC3(C4CC4)CC3)nc12. The summed E-state index contributed by atoms with van der Waals surface area (Å²) in [5.41, 5.74) is 2.71. The number of nitrogens with one attached hydrogen (secondary N) is 1. The Labute approximate surface area is 106 Å². The monoisotopic (exact) mass is 242 g/mol. The standard InChI is InChI=1S/C14H18N4/c1-10-3-2-8-18-12(10)16-13(17-18)15-9-14(6-7-14)11-4-5-11/h2-3,8,11H,4-7,9H2,1H3,(H,15,17). The van der Waals surface area contributed by atoms with Crippen molar-refractivity contribution in [3.05, 3.63) is 23.9 Å². The number of hydrogen-bond acceptors (Lipinski definition) is 3. The Kier molecular flexibility index (Phi) is 1.99. The van der Waals surface area contributed by atoms with Crippen LogP contribution in [0.4, 0.5) is 5.95 Å². The van der Waals surface area contributed by atoms with Gasteiger partial charge in [0.1, 0.15) is 0 Å². The first-order valence-electron chi connectivity index (χ1n) is 6.83. The molecule has 0 aromatic carbocycles. The molecule has 4 heteroatoms. The van der Waals surface area contributed by atoms with Crippen molar-refractivity contribution in [3.63, 3.8) is 0 Å². The molecule has 4 rings (SSSR count). The highest BCUT2D eigenvalue weighted by Gasteiger charge is 2.53. The highest BCUT2D eigenvalue weighted by molar-refractivity contribution is 5.49. The van der Waals surface area contributed by atoms with Gasteiger partial charge < -0.3 is 5.32 Å². The molecule has 2 aliphatic rings. The molecule has 0 atom stereocenters. The Morgan fingerprint density at radius 2 is 2.28 bits per heavy atom. The smallest absolute Gasteiger partial charge is 0.243 e. The van der Waals surface area contributed by atoms with Crippen LogP contribution in [0.25, 0.3) is 5.65 Å². The molecule has 1 N–H and O–H groups in total. The molecule has 2 aromatic rings. The number of hydrogen-bond donors (Lipinski definition) is 1. The van der Waals surface area contributed by atoms with E-state index < -0.39 is 0 Å². The Hall–Kier alpha value is -1.58. The molecule has 0 radical (unpaired) electrons. The van der Waals surface area contributed by atoms with E-state index in [1.54, 1.807) is 0 Å². The molecular weight excluding hydrogens is 224 g/mol. The van der Waals surface area contributed by atoms with E-state index in [4.69, 9.17) is 0 Å². The van der Waals surface area contributed by atoms with Crippen molar-refractivity contribution in [1.82, 2.24) is 14.6 Å². The van der Waals surface area contributed by atoms with Crippen LogP contribution in [0.1, 0.15) is 31.2 Å². The lowest BCUT2D eigenvalue weighted by Crippen LogP contribution is -2.18. The summed E-state index contributed by atoms with van der Waals surface area (Å²) < 4.78 is 1.86. The van der Waals surface area contributed by atoms with Crippen molar-refractivity contribution in [1.29, 1.82) is 0 Å². The first-order valence-corrected chi connectivity index (χ1v) is 6.83. The van der Waals surface area contributed by atoms with Crippen molar-refractivity contribution in [2.24, 2.45) is 11.3 Å². The average Bonchev–Trinajstić information content (AvgIpc) is 3.24. The van der Waals surface area contributed by atoms with E-state index in [0.29, 0.717) is 5.41 Å². The van der Waals surface area contributed by atoms with Crippen LogP contribution >= 0.6 is 0 Å². The summed E-state index contributed by atoms with van der Waals surface area (Å²) in [4.78, 5) is 4.56. The van der Waals surface area contributed by atoms with Crippen molar-refractivity contribution >= 4 is 11.6 Å². The topological polar surface area (TPSA) is 42.2 Å². The van der Waals surface area contributed by atoms with Gasteiger partial charge in [-0.2, -0.15) is 4.98 Å². The van der Waals surface area contributed by atoms with Crippen LogP contribution in [-0.2, 0) is 0 Å². The molecule has 2 fully saturated rings. The fourth-order valence-corrected chi connectivity index (χ4v) is 2.96. The first-order chi connectivity index (χ1) is 8.77. The molecule has 4 nitrogen and oxygen atoms in total. The molecule has 0 bridgehead atoms. The summed E-state index contributed by atoms with van der Waals surface area (Å²) >= 11 is 0. The molecular formula is C14H18N4. The minimum atomic E-state index is 0.590. The molecule has 0 unspecified atom stereocenters. The number of nitrogens with zero attached hydrogens (tertiary/aromatic N) is 3. The summed E-state index contributed by atoms with van der Waals surface area (Å²) in [6, 6.07) is 4.08. The highest BCUT2D eigenvalue weighted by Crippen LogP contribution is 2.61. The van der Waals surface area contributed by atoms with Gasteiger partial charge in [0.2, 0.25) is 5.95 Å². The van der Waals surface area contributed by atoms with Crippen LogP contribution in [0, 0.1) is 18.3 Å². The van der Waals surface area contributed by atoms with Gasteiger partial charge in [0.05, 0.1) is 0 Å². The van der Waals surface area contributed by atoms with E-state index in [0.717, 1.165) is 24.1 Å². The van der Waals surface area contributed by atoms with E-state index in [9.17, 15) is 0 Å². The maximum atomic E-state index is 4.56. The largest absolute Gasteiger partial charge is 0.352 e. The van der Waals surface area contributed by atoms with Gasteiger partial charge in [0.15, 0.2) is 5.65 Å². The molecule has 18 heavy (non-hydrogen) atoms. The summed E-state index contributed by atoms with van der Waals surface area (Å²) in [5, 5.41) is 7.92. The second kappa shape index (κ2) is 3.46. The lowest BCUT2D eigenvalue weighted by Gasteiger charge is -2.13. The van der Waals surface area contributed by atoms with Crippen molar-refractivity contribution in [3.8, 4) is 0 Å². The Morgan fingerprint density at radius 1 is 1.44 bits per heavy atom.